The van der Waals surface area contributed by atoms with Crippen molar-refractivity contribution >= 4 is 0 Å². The molecule has 134 valence electrons. The predicted molar refractivity (Wildman–Crippen MR) is 112 cm³/mol. The second kappa shape index (κ2) is 8.70. The van der Waals surface area contributed by atoms with Gasteiger partial charge in [0.05, 0.1) is 0 Å². The SMILES string of the molecule is C1=CC[C]([Ti]([CH2]c2ccccc2)([CH2]c2ccccc2)[CH2]c2ccccc2)=C1. The molecule has 0 heterocycles. The molecule has 0 aliphatic heterocycles. The van der Waals surface area contributed by atoms with Crippen LogP contribution in [0.15, 0.2) is 113 Å². The van der Waals surface area contributed by atoms with Gasteiger partial charge in [-0.25, -0.2) is 0 Å². The molecule has 0 unspecified atom stereocenters. The summed E-state index contributed by atoms with van der Waals surface area (Å²) in [5, 5.41) is 0. The van der Waals surface area contributed by atoms with Gasteiger partial charge in [0, 0.05) is 0 Å². The van der Waals surface area contributed by atoms with Crippen LogP contribution >= 0.6 is 0 Å². The van der Waals surface area contributed by atoms with Gasteiger partial charge in [0.2, 0.25) is 0 Å². The monoisotopic (exact) mass is 386 g/mol. The molecule has 0 saturated heterocycles. The van der Waals surface area contributed by atoms with Crippen LogP contribution in [0.1, 0.15) is 23.1 Å². The van der Waals surface area contributed by atoms with Gasteiger partial charge in [-0.3, -0.25) is 0 Å². The van der Waals surface area contributed by atoms with Gasteiger partial charge in [0.1, 0.15) is 0 Å². The maximum absolute atomic E-state index is 2.44. The molecule has 0 fully saturated rings. The molecule has 27 heavy (non-hydrogen) atoms. The molecular formula is C26H26Ti. The van der Waals surface area contributed by atoms with Gasteiger partial charge in [0.25, 0.3) is 0 Å². The molecule has 1 aliphatic rings. The van der Waals surface area contributed by atoms with Crippen molar-refractivity contribution in [2.75, 3.05) is 0 Å². The number of allylic oxidation sites excluding steroid dienone is 4. The topological polar surface area (TPSA) is 0 Å². The minimum atomic E-state index is -2.44. The minimum absolute atomic E-state index is 1.15. The van der Waals surface area contributed by atoms with Crippen molar-refractivity contribution in [1.29, 1.82) is 0 Å². The Bertz CT molecular complexity index is 807. The van der Waals surface area contributed by atoms with Gasteiger partial charge in [0.15, 0.2) is 0 Å². The van der Waals surface area contributed by atoms with Crippen molar-refractivity contribution in [3.05, 3.63) is 130 Å². The first-order valence-corrected chi connectivity index (χ1v) is 13.9. The first-order chi connectivity index (χ1) is 13.3. The molecule has 0 radical (unpaired) electrons. The molecule has 0 saturated carbocycles. The molecule has 0 nitrogen and oxygen atoms in total. The standard InChI is InChI=1S/3C7H7.C5H5.Ti/c3*1-7-5-3-2-4-6-7;1-2-4-5-3-1;/h3*2-6H,1H2;1-3H,4H2;. The molecule has 0 amide bonds. The molecule has 1 aliphatic carbocycles. The molecule has 4 rings (SSSR count). The van der Waals surface area contributed by atoms with E-state index < -0.39 is 16.6 Å². The van der Waals surface area contributed by atoms with Crippen molar-refractivity contribution in [3.8, 4) is 0 Å². The van der Waals surface area contributed by atoms with E-state index in [-0.39, 0.29) is 0 Å². The van der Waals surface area contributed by atoms with Crippen molar-refractivity contribution in [2.24, 2.45) is 0 Å². The number of hydrogen-bond donors (Lipinski definition) is 0. The first kappa shape index (κ1) is 18.2. The Morgan fingerprint density at radius 2 is 0.963 bits per heavy atom. The summed E-state index contributed by atoms with van der Waals surface area (Å²) < 4.78 is 5.49. The molecule has 0 atom stereocenters. The van der Waals surface area contributed by atoms with Gasteiger partial charge in [-0.05, 0) is 0 Å². The summed E-state index contributed by atoms with van der Waals surface area (Å²) in [7, 11) is 0. The van der Waals surface area contributed by atoms with Gasteiger partial charge in [-0.15, -0.1) is 0 Å². The summed E-state index contributed by atoms with van der Waals surface area (Å²) in [6, 6.07) is 33.4. The van der Waals surface area contributed by atoms with E-state index in [0.29, 0.717) is 0 Å². The summed E-state index contributed by atoms with van der Waals surface area (Å²) in [5.41, 5.74) is 4.49. The third kappa shape index (κ3) is 4.58. The molecule has 3 aromatic carbocycles. The Morgan fingerprint density at radius 3 is 1.30 bits per heavy atom. The van der Waals surface area contributed by atoms with Crippen molar-refractivity contribution in [2.45, 2.75) is 20.6 Å². The summed E-state index contributed by atoms with van der Waals surface area (Å²) in [6.45, 7) is 0. The second-order valence-corrected chi connectivity index (χ2v) is 14.2. The average molecular weight is 386 g/mol. The van der Waals surface area contributed by atoms with E-state index in [4.69, 9.17) is 0 Å². The van der Waals surface area contributed by atoms with E-state index in [1.165, 1.54) is 30.9 Å². The van der Waals surface area contributed by atoms with E-state index >= 15 is 0 Å². The molecule has 0 bridgehead atoms. The number of hydrogen-bond acceptors (Lipinski definition) is 0. The van der Waals surface area contributed by atoms with E-state index in [0.717, 1.165) is 6.42 Å². The van der Waals surface area contributed by atoms with Crippen molar-refractivity contribution < 1.29 is 16.6 Å². The molecule has 1 heteroatoms. The van der Waals surface area contributed by atoms with Gasteiger partial charge in [-0.2, -0.15) is 0 Å². The third-order valence-corrected chi connectivity index (χ3v) is 13.4. The molecule has 0 spiro atoms. The van der Waals surface area contributed by atoms with Crippen molar-refractivity contribution in [1.82, 2.24) is 0 Å². The first-order valence-electron chi connectivity index (χ1n) is 9.82. The summed E-state index contributed by atoms with van der Waals surface area (Å²) in [4.78, 5) is 0. The van der Waals surface area contributed by atoms with E-state index in [2.05, 4.69) is 109 Å². The fourth-order valence-corrected chi connectivity index (χ4v) is 12.3. The summed E-state index contributed by atoms with van der Waals surface area (Å²) >= 11 is -2.44. The van der Waals surface area contributed by atoms with Crippen LogP contribution in [0.3, 0.4) is 0 Å². The van der Waals surface area contributed by atoms with Gasteiger partial charge >= 0.3 is 167 Å². The second-order valence-electron chi connectivity index (χ2n) is 7.59. The van der Waals surface area contributed by atoms with Crippen LogP contribution in [0.5, 0.6) is 0 Å². The van der Waals surface area contributed by atoms with Crippen LogP contribution in [0.25, 0.3) is 0 Å². The number of benzene rings is 3. The predicted octanol–water partition coefficient (Wildman–Crippen LogP) is 6.58. The van der Waals surface area contributed by atoms with Crippen LogP contribution in [0.4, 0.5) is 0 Å². The average Bonchev–Trinajstić information content (AvgIpc) is 3.26. The molecule has 0 aromatic heterocycles. The van der Waals surface area contributed by atoms with E-state index in [1.54, 1.807) is 3.88 Å². The normalized spacial score (nSPS) is 13.6. The maximum atomic E-state index is 2.44. The molecule has 0 N–H and O–H groups in total. The fourth-order valence-electron chi connectivity index (χ4n) is 4.33. The van der Waals surface area contributed by atoms with Crippen LogP contribution in [-0.4, -0.2) is 0 Å². The zero-order valence-corrected chi connectivity index (χ0v) is 17.3. The van der Waals surface area contributed by atoms with Crippen LogP contribution in [0.2, 0.25) is 0 Å². The molecular weight excluding hydrogens is 360 g/mol. The Hall–Kier alpha value is -2.15. The number of rotatable bonds is 7. The van der Waals surface area contributed by atoms with Crippen molar-refractivity contribution in [3.63, 3.8) is 0 Å². The van der Waals surface area contributed by atoms with Crippen LogP contribution in [-0.2, 0) is 30.8 Å². The van der Waals surface area contributed by atoms with E-state index in [1.807, 2.05) is 0 Å². The Kier molecular flexibility index (Phi) is 5.87. The summed E-state index contributed by atoms with van der Waals surface area (Å²) in [5.74, 6) is 0. The quantitative estimate of drug-likeness (QED) is 0.402. The Balaban J connectivity index is 1.76. The summed E-state index contributed by atoms with van der Waals surface area (Å²) in [6.07, 6.45) is 8.20. The van der Waals surface area contributed by atoms with E-state index in [9.17, 15) is 0 Å². The van der Waals surface area contributed by atoms with Gasteiger partial charge in [-0.1, -0.05) is 0 Å². The zero-order valence-electron chi connectivity index (χ0n) is 15.7. The Morgan fingerprint density at radius 1 is 0.556 bits per heavy atom. The Labute approximate surface area is 166 Å². The van der Waals surface area contributed by atoms with Gasteiger partial charge < -0.3 is 0 Å². The van der Waals surface area contributed by atoms with Crippen LogP contribution in [0, 0.1) is 0 Å². The van der Waals surface area contributed by atoms with Crippen LogP contribution < -0.4 is 0 Å². The molecule has 3 aromatic rings. The third-order valence-electron chi connectivity index (χ3n) is 5.61. The fraction of sp³-hybridized carbons (Fsp3) is 0.154. The zero-order chi connectivity index (χ0) is 18.4.